The van der Waals surface area contributed by atoms with Crippen LogP contribution in [0.4, 0.5) is 13.2 Å². The van der Waals surface area contributed by atoms with Crippen LogP contribution in [0.2, 0.25) is 0 Å². The van der Waals surface area contributed by atoms with E-state index in [1.807, 2.05) is 0 Å². The molecule has 1 aromatic rings. The van der Waals surface area contributed by atoms with Crippen LogP contribution in [0.3, 0.4) is 0 Å². The van der Waals surface area contributed by atoms with Gasteiger partial charge in [-0.2, -0.15) is 18.3 Å². The minimum absolute atomic E-state index is 0.0582. The summed E-state index contributed by atoms with van der Waals surface area (Å²) in [6.45, 7) is 0. The monoisotopic (exact) mass is 263 g/mol. The first-order valence-electron chi connectivity index (χ1n) is 5.58. The SMILES string of the molecule is CNC(CCCC(F)(F)F)c1ccc(OC)nn1. The lowest BCUT2D eigenvalue weighted by molar-refractivity contribution is -0.135. The molecule has 0 amide bonds. The van der Waals surface area contributed by atoms with Gasteiger partial charge >= 0.3 is 6.18 Å². The number of rotatable bonds is 6. The maximum atomic E-state index is 12.0. The van der Waals surface area contributed by atoms with Gasteiger partial charge in [-0.3, -0.25) is 0 Å². The first-order chi connectivity index (χ1) is 8.46. The number of nitrogens with zero attached hydrogens (tertiary/aromatic N) is 2. The van der Waals surface area contributed by atoms with Gasteiger partial charge in [0.1, 0.15) is 0 Å². The van der Waals surface area contributed by atoms with Crippen molar-refractivity contribution in [2.45, 2.75) is 31.5 Å². The van der Waals surface area contributed by atoms with E-state index in [1.165, 1.54) is 7.11 Å². The fourth-order valence-electron chi connectivity index (χ4n) is 1.57. The molecule has 0 aromatic carbocycles. The van der Waals surface area contributed by atoms with E-state index >= 15 is 0 Å². The zero-order valence-corrected chi connectivity index (χ0v) is 10.3. The summed E-state index contributed by atoms with van der Waals surface area (Å²) in [6, 6.07) is 3.10. The van der Waals surface area contributed by atoms with Crippen LogP contribution in [-0.4, -0.2) is 30.5 Å². The smallest absolute Gasteiger partial charge is 0.389 e. The van der Waals surface area contributed by atoms with Crippen LogP contribution < -0.4 is 10.1 Å². The lowest BCUT2D eigenvalue weighted by Crippen LogP contribution is -2.19. The van der Waals surface area contributed by atoms with Crippen LogP contribution in [0.5, 0.6) is 5.88 Å². The first-order valence-corrected chi connectivity index (χ1v) is 5.58. The normalized spacial score (nSPS) is 13.4. The highest BCUT2D eigenvalue weighted by Crippen LogP contribution is 2.25. The van der Waals surface area contributed by atoms with Crippen molar-refractivity contribution in [2.75, 3.05) is 14.2 Å². The fraction of sp³-hybridized carbons (Fsp3) is 0.636. The summed E-state index contributed by atoms with van der Waals surface area (Å²) in [5.41, 5.74) is 0.612. The summed E-state index contributed by atoms with van der Waals surface area (Å²) >= 11 is 0. The van der Waals surface area contributed by atoms with Crippen molar-refractivity contribution in [3.8, 4) is 5.88 Å². The molecule has 0 aliphatic carbocycles. The van der Waals surface area contributed by atoms with Crippen molar-refractivity contribution in [3.63, 3.8) is 0 Å². The van der Waals surface area contributed by atoms with Gasteiger partial charge in [0, 0.05) is 12.5 Å². The number of nitrogens with one attached hydrogen (secondary N) is 1. The molecule has 0 radical (unpaired) electrons. The second-order valence-corrected chi connectivity index (χ2v) is 3.85. The Morgan fingerprint density at radius 1 is 1.33 bits per heavy atom. The third-order valence-corrected chi connectivity index (χ3v) is 2.53. The number of hydrogen-bond acceptors (Lipinski definition) is 4. The van der Waals surface area contributed by atoms with Gasteiger partial charge in [0.25, 0.3) is 0 Å². The van der Waals surface area contributed by atoms with Gasteiger partial charge in [-0.1, -0.05) is 0 Å². The maximum absolute atomic E-state index is 12.0. The molecule has 102 valence electrons. The Balaban J connectivity index is 2.54. The topological polar surface area (TPSA) is 47.0 Å². The van der Waals surface area contributed by atoms with Crippen LogP contribution in [0.1, 0.15) is 31.0 Å². The van der Waals surface area contributed by atoms with Gasteiger partial charge in [0.2, 0.25) is 5.88 Å². The summed E-state index contributed by atoms with van der Waals surface area (Å²) in [4.78, 5) is 0. The molecule has 1 atom stereocenters. The highest BCUT2D eigenvalue weighted by Gasteiger charge is 2.26. The second kappa shape index (κ2) is 6.53. The Morgan fingerprint density at radius 3 is 2.50 bits per heavy atom. The Hall–Kier alpha value is -1.37. The number of hydrogen-bond donors (Lipinski definition) is 1. The molecule has 0 saturated heterocycles. The van der Waals surface area contributed by atoms with Crippen LogP contribution in [0.25, 0.3) is 0 Å². The lowest BCUT2D eigenvalue weighted by Gasteiger charge is -2.15. The van der Waals surface area contributed by atoms with E-state index in [0.29, 0.717) is 18.0 Å². The van der Waals surface area contributed by atoms with Crippen molar-refractivity contribution in [1.29, 1.82) is 0 Å². The van der Waals surface area contributed by atoms with E-state index in [-0.39, 0.29) is 12.5 Å². The van der Waals surface area contributed by atoms with Gasteiger partial charge in [-0.05, 0) is 26.0 Å². The van der Waals surface area contributed by atoms with Crippen molar-refractivity contribution in [1.82, 2.24) is 15.5 Å². The third-order valence-electron chi connectivity index (χ3n) is 2.53. The summed E-state index contributed by atoms with van der Waals surface area (Å²) < 4.78 is 41.0. The molecular formula is C11H16F3N3O. The quantitative estimate of drug-likeness (QED) is 0.856. The molecule has 0 aliphatic rings. The Labute approximate surface area is 104 Å². The Morgan fingerprint density at radius 2 is 2.06 bits per heavy atom. The van der Waals surface area contributed by atoms with E-state index < -0.39 is 12.6 Å². The van der Waals surface area contributed by atoms with Crippen molar-refractivity contribution in [3.05, 3.63) is 17.8 Å². The van der Waals surface area contributed by atoms with Gasteiger partial charge in [-0.25, -0.2) is 0 Å². The summed E-state index contributed by atoms with van der Waals surface area (Å²) in [5, 5.41) is 10.6. The summed E-state index contributed by atoms with van der Waals surface area (Å²) in [6.07, 6.45) is -4.47. The zero-order chi connectivity index (χ0) is 13.6. The van der Waals surface area contributed by atoms with E-state index in [0.717, 1.165) is 0 Å². The Kier molecular flexibility index (Phi) is 5.33. The molecule has 0 bridgehead atoms. The van der Waals surface area contributed by atoms with E-state index in [2.05, 4.69) is 15.5 Å². The van der Waals surface area contributed by atoms with Crippen molar-refractivity contribution >= 4 is 0 Å². The molecule has 1 unspecified atom stereocenters. The molecule has 1 rings (SSSR count). The molecular weight excluding hydrogens is 247 g/mol. The molecule has 7 heteroatoms. The average molecular weight is 263 g/mol. The minimum Gasteiger partial charge on any atom is -0.480 e. The third kappa shape index (κ3) is 4.87. The number of ether oxygens (including phenoxy) is 1. The largest absolute Gasteiger partial charge is 0.480 e. The van der Waals surface area contributed by atoms with Crippen LogP contribution >= 0.6 is 0 Å². The zero-order valence-electron chi connectivity index (χ0n) is 10.3. The highest BCUT2D eigenvalue weighted by molar-refractivity contribution is 5.13. The van der Waals surface area contributed by atoms with Gasteiger partial charge in [0.15, 0.2) is 0 Å². The molecule has 0 saturated carbocycles. The standard InChI is InChI=1S/C11H16F3N3O/c1-15-8(4-3-7-11(12,13)14)9-5-6-10(18-2)17-16-9/h5-6,8,15H,3-4,7H2,1-2H3. The summed E-state index contributed by atoms with van der Waals surface area (Å²) in [5.74, 6) is 0.379. The van der Waals surface area contributed by atoms with E-state index in [1.54, 1.807) is 19.2 Å². The lowest BCUT2D eigenvalue weighted by atomic mass is 10.1. The van der Waals surface area contributed by atoms with Crippen LogP contribution in [0, 0.1) is 0 Å². The Bertz CT molecular complexity index is 354. The van der Waals surface area contributed by atoms with Crippen LogP contribution in [0.15, 0.2) is 12.1 Å². The number of halogens is 3. The fourth-order valence-corrected chi connectivity index (χ4v) is 1.57. The van der Waals surface area contributed by atoms with E-state index in [9.17, 15) is 13.2 Å². The van der Waals surface area contributed by atoms with Gasteiger partial charge < -0.3 is 10.1 Å². The van der Waals surface area contributed by atoms with Gasteiger partial charge in [-0.15, -0.1) is 5.10 Å². The predicted octanol–water partition coefficient (Wildman–Crippen LogP) is 2.48. The average Bonchev–Trinajstić information content (AvgIpc) is 2.34. The van der Waals surface area contributed by atoms with Crippen molar-refractivity contribution in [2.24, 2.45) is 0 Å². The molecule has 4 nitrogen and oxygen atoms in total. The predicted molar refractivity (Wildman–Crippen MR) is 60.3 cm³/mol. The molecule has 0 spiro atoms. The van der Waals surface area contributed by atoms with Crippen LogP contribution in [-0.2, 0) is 0 Å². The molecule has 0 fully saturated rings. The number of aromatic nitrogens is 2. The highest BCUT2D eigenvalue weighted by atomic mass is 19.4. The first kappa shape index (κ1) is 14.7. The van der Waals surface area contributed by atoms with E-state index in [4.69, 9.17) is 4.74 Å². The number of alkyl halides is 3. The van der Waals surface area contributed by atoms with Crippen molar-refractivity contribution < 1.29 is 17.9 Å². The van der Waals surface area contributed by atoms with Gasteiger partial charge in [0.05, 0.1) is 18.8 Å². The molecule has 1 aromatic heterocycles. The maximum Gasteiger partial charge on any atom is 0.389 e. The molecule has 18 heavy (non-hydrogen) atoms. The minimum atomic E-state index is -4.11. The second-order valence-electron chi connectivity index (χ2n) is 3.85. The molecule has 1 heterocycles. The molecule has 0 aliphatic heterocycles. The number of methoxy groups -OCH3 is 1. The summed E-state index contributed by atoms with van der Waals surface area (Å²) in [7, 11) is 3.16. The molecule has 1 N–H and O–H groups in total.